The van der Waals surface area contributed by atoms with Crippen molar-refractivity contribution in [3.63, 3.8) is 0 Å². The van der Waals surface area contributed by atoms with Crippen molar-refractivity contribution in [3.8, 4) is 5.69 Å². The molecule has 2 fully saturated rings. The number of thioether (sulfide) groups is 1. The number of hydrogen-bond donors (Lipinski definition) is 1. The van der Waals surface area contributed by atoms with Gasteiger partial charge in [0.2, 0.25) is 5.95 Å². The zero-order chi connectivity index (χ0) is 23.5. The summed E-state index contributed by atoms with van der Waals surface area (Å²) in [5.74, 6) is 0.850. The maximum absolute atomic E-state index is 12.9. The third-order valence-electron chi connectivity index (χ3n) is 6.23. The summed E-state index contributed by atoms with van der Waals surface area (Å²) in [6, 6.07) is 9.74. The fourth-order valence-corrected chi connectivity index (χ4v) is 5.17. The van der Waals surface area contributed by atoms with Crippen LogP contribution in [-0.4, -0.2) is 81.5 Å². The van der Waals surface area contributed by atoms with Gasteiger partial charge in [0.25, 0.3) is 5.91 Å². The van der Waals surface area contributed by atoms with Crippen molar-refractivity contribution in [2.45, 2.75) is 24.9 Å². The van der Waals surface area contributed by atoms with Crippen LogP contribution in [0.1, 0.15) is 39.3 Å². The first-order valence-corrected chi connectivity index (χ1v) is 12.6. The number of aryl methyl sites for hydroxylation is 1. The standard InChI is InChI=1S/C24H28N6O3S/c1-17-6-2-3-7-20(17)30-23(29-10-12-33-13-11-29)26-27-24(30)34-16-21(31)18-14-19(25-15-18)22(32)28-8-4-5-9-28/h2-3,6-7,14-15,25H,4-5,8-13,16H2,1H3. The van der Waals surface area contributed by atoms with E-state index >= 15 is 0 Å². The minimum atomic E-state index is -0.0611. The number of amides is 1. The number of carbonyl (C=O) groups is 2. The lowest BCUT2D eigenvalue weighted by molar-refractivity contribution is 0.0787. The molecule has 2 aliphatic heterocycles. The fourth-order valence-electron chi connectivity index (χ4n) is 4.33. The van der Waals surface area contributed by atoms with E-state index < -0.39 is 0 Å². The number of likely N-dealkylation sites (tertiary alicyclic amines) is 1. The smallest absolute Gasteiger partial charge is 0.270 e. The van der Waals surface area contributed by atoms with E-state index in [2.05, 4.69) is 33.1 Å². The minimum Gasteiger partial charge on any atom is -0.378 e. The Kier molecular flexibility index (Phi) is 6.68. The van der Waals surface area contributed by atoms with E-state index in [0.717, 1.165) is 56.2 Å². The second-order valence-electron chi connectivity index (χ2n) is 8.52. The van der Waals surface area contributed by atoms with Crippen LogP contribution in [0.3, 0.4) is 0 Å². The first kappa shape index (κ1) is 22.7. The molecule has 0 radical (unpaired) electrons. The van der Waals surface area contributed by atoms with Gasteiger partial charge in [0.15, 0.2) is 10.9 Å². The van der Waals surface area contributed by atoms with Crippen molar-refractivity contribution in [1.29, 1.82) is 0 Å². The maximum Gasteiger partial charge on any atom is 0.270 e. The van der Waals surface area contributed by atoms with Crippen LogP contribution in [0.4, 0.5) is 5.95 Å². The predicted molar refractivity (Wildman–Crippen MR) is 130 cm³/mol. The first-order valence-electron chi connectivity index (χ1n) is 11.6. The number of H-pyrrole nitrogens is 1. The largest absolute Gasteiger partial charge is 0.378 e. The molecular weight excluding hydrogens is 452 g/mol. The molecule has 178 valence electrons. The zero-order valence-corrected chi connectivity index (χ0v) is 20.0. The van der Waals surface area contributed by atoms with E-state index in [1.54, 1.807) is 12.3 Å². The van der Waals surface area contributed by atoms with Crippen LogP contribution in [-0.2, 0) is 4.74 Å². The Morgan fingerprint density at radius 3 is 2.62 bits per heavy atom. The van der Waals surface area contributed by atoms with Gasteiger partial charge in [-0.25, -0.2) is 0 Å². The lowest BCUT2D eigenvalue weighted by Crippen LogP contribution is -2.38. The van der Waals surface area contributed by atoms with Crippen LogP contribution >= 0.6 is 11.8 Å². The molecule has 0 atom stereocenters. The number of hydrogen-bond acceptors (Lipinski definition) is 7. The molecule has 0 bridgehead atoms. The molecular formula is C24H28N6O3S. The van der Waals surface area contributed by atoms with Crippen LogP contribution in [0.15, 0.2) is 41.7 Å². The van der Waals surface area contributed by atoms with E-state index in [-0.39, 0.29) is 17.4 Å². The Bertz CT molecular complexity index is 1180. The molecule has 1 amide bonds. The molecule has 2 aliphatic rings. The molecule has 1 aromatic carbocycles. The van der Waals surface area contributed by atoms with Crippen molar-refractivity contribution < 1.29 is 14.3 Å². The number of carbonyl (C=O) groups excluding carboxylic acids is 2. The van der Waals surface area contributed by atoms with Gasteiger partial charge in [-0.15, -0.1) is 10.2 Å². The van der Waals surface area contributed by atoms with Crippen LogP contribution in [0, 0.1) is 6.92 Å². The number of Topliss-reactive ketones (excluding diaryl/α,β-unsaturated/α-hetero) is 1. The number of para-hydroxylation sites is 1. The number of nitrogens with zero attached hydrogens (tertiary/aromatic N) is 5. The van der Waals surface area contributed by atoms with Crippen LogP contribution in [0.5, 0.6) is 0 Å². The fraction of sp³-hybridized carbons (Fsp3) is 0.417. The molecule has 4 heterocycles. The SMILES string of the molecule is Cc1ccccc1-n1c(SCC(=O)c2c[nH]c(C(=O)N3CCCC3)c2)nnc1N1CCOCC1. The monoisotopic (exact) mass is 480 g/mol. The third-order valence-corrected chi connectivity index (χ3v) is 7.16. The summed E-state index contributed by atoms with van der Waals surface area (Å²) in [6.45, 7) is 6.38. The average molecular weight is 481 g/mol. The number of aromatic nitrogens is 4. The van der Waals surface area contributed by atoms with E-state index in [0.29, 0.717) is 29.6 Å². The van der Waals surface area contributed by atoms with Crippen molar-refractivity contribution in [3.05, 3.63) is 53.3 Å². The van der Waals surface area contributed by atoms with Gasteiger partial charge in [0.05, 0.1) is 24.7 Å². The first-order chi connectivity index (χ1) is 16.6. The molecule has 2 aromatic heterocycles. The van der Waals surface area contributed by atoms with Gasteiger partial charge in [-0.1, -0.05) is 30.0 Å². The predicted octanol–water partition coefficient (Wildman–Crippen LogP) is 2.95. The summed E-state index contributed by atoms with van der Waals surface area (Å²) in [6.07, 6.45) is 3.68. The molecule has 9 nitrogen and oxygen atoms in total. The van der Waals surface area contributed by atoms with Crippen LogP contribution in [0.25, 0.3) is 5.69 Å². The number of ether oxygens (including phenoxy) is 1. The molecule has 0 spiro atoms. The Labute approximate surface area is 202 Å². The van der Waals surface area contributed by atoms with E-state index in [9.17, 15) is 9.59 Å². The van der Waals surface area contributed by atoms with Gasteiger partial charge in [0.1, 0.15) is 5.69 Å². The number of morpholine rings is 1. The molecule has 0 saturated carbocycles. The highest BCUT2D eigenvalue weighted by atomic mass is 32.2. The summed E-state index contributed by atoms with van der Waals surface area (Å²) in [5, 5.41) is 9.57. The Morgan fingerprint density at radius 1 is 1.09 bits per heavy atom. The van der Waals surface area contributed by atoms with Crippen LogP contribution in [0.2, 0.25) is 0 Å². The highest BCUT2D eigenvalue weighted by Gasteiger charge is 2.24. The van der Waals surface area contributed by atoms with E-state index in [4.69, 9.17) is 4.74 Å². The quantitative estimate of drug-likeness (QED) is 0.410. The summed E-state index contributed by atoms with van der Waals surface area (Å²) >= 11 is 1.35. The molecule has 2 saturated heterocycles. The Morgan fingerprint density at radius 2 is 1.85 bits per heavy atom. The summed E-state index contributed by atoms with van der Waals surface area (Å²) in [7, 11) is 0. The second kappa shape index (κ2) is 10.0. The van der Waals surface area contributed by atoms with Crippen molar-refractivity contribution >= 4 is 29.4 Å². The molecule has 0 unspecified atom stereocenters. The van der Waals surface area contributed by atoms with E-state index in [1.807, 2.05) is 27.7 Å². The number of benzene rings is 1. The number of anilines is 1. The molecule has 1 N–H and O–H groups in total. The molecule has 5 rings (SSSR count). The van der Waals surface area contributed by atoms with Gasteiger partial charge < -0.3 is 19.5 Å². The highest BCUT2D eigenvalue weighted by molar-refractivity contribution is 7.99. The summed E-state index contributed by atoms with van der Waals surface area (Å²) in [4.78, 5) is 32.5. The molecule has 10 heteroatoms. The molecule has 3 aromatic rings. The number of aromatic amines is 1. The van der Waals surface area contributed by atoms with Gasteiger partial charge in [0, 0.05) is 37.9 Å². The number of rotatable bonds is 7. The van der Waals surface area contributed by atoms with Crippen molar-refractivity contribution in [2.24, 2.45) is 0 Å². The van der Waals surface area contributed by atoms with Crippen LogP contribution < -0.4 is 4.90 Å². The Balaban J connectivity index is 1.34. The van der Waals surface area contributed by atoms with Gasteiger partial charge in [-0.3, -0.25) is 14.2 Å². The highest BCUT2D eigenvalue weighted by Crippen LogP contribution is 2.29. The van der Waals surface area contributed by atoms with Gasteiger partial charge >= 0.3 is 0 Å². The average Bonchev–Trinajstić information content (AvgIpc) is 3.64. The topological polar surface area (TPSA) is 96.4 Å². The van der Waals surface area contributed by atoms with Gasteiger partial charge in [-0.05, 0) is 37.5 Å². The summed E-state index contributed by atoms with van der Waals surface area (Å²) < 4.78 is 7.52. The van der Waals surface area contributed by atoms with Crippen molar-refractivity contribution in [1.82, 2.24) is 24.6 Å². The maximum atomic E-state index is 12.9. The zero-order valence-electron chi connectivity index (χ0n) is 19.2. The third kappa shape index (κ3) is 4.60. The van der Waals surface area contributed by atoms with Crippen molar-refractivity contribution in [2.75, 3.05) is 50.0 Å². The summed E-state index contributed by atoms with van der Waals surface area (Å²) in [5.41, 5.74) is 3.06. The normalized spacial score (nSPS) is 16.3. The Hall–Kier alpha value is -3.11. The molecule has 0 aliphatic carbocycles. The molecule has 34 heavy (non-hydrogen) atoms. The lowest BCUT2D eigenvalue weighted by atomic mass is 10.2. The van der Waals surface area contributed by atoms with E-state index in [1.165, 1.54) is 11.8 Å². The number of nitrogens with one attached hydrogen (secondary N) is 1. The van der Waals surface area contributed by atoms with Gasteiger partial charge in [-0.2, -0.15) is 0 Å². The lowest BCUT2D eigenvalue weighted by Gasteiger charge is -2.28. The second-order valence-corrected chi connectivity index (χ2v) is 9.46. The minimum absolute atomic E-state index is 0.0429. The number of ketones is 1.